The van der Waals surface area contributed by atoms with Gasteiger partial charge in [0.2, 0.25) is 11.8 Å². The van der Waals surface area contributed by atoms with Crippen molar-refractivity contribution in [3.63, 3.8) is 0 Å². The number of rotatable bonds is 2. The van der Waals surface area contributed by atoms with E-state index in [9.17, 15) is 9.59 Å². The van der Waals surface area contributed by atoms with Crippen LogP contribution in [0.5, 0.6) is 0 Å². The molecular weight excluding hydrogens is 208 g/mol. The zero-order valence-corrected chi connectivity index (χ0v) is 9.57. The Kier molecular flexibility index (Phi) is 3.43. The number of nitrogens with one attached hydrogen (secondary N) is 1. The van der Waals surface area contributed by atoms with Gasteiger partial charge in [0.05, 0.1) is 6.54 Å². The molecule has 90 valence electrons. The van der Waals surface area contributed by atoms with Crippen molar-refractivity contribution in [1.29, 1.82) is 0 Å². The lowest BCUT2D eigenvalue weighted by Crippen LogP contribution is -2.57. The van der Waals surface area contributed by atoms with Crippen molar-refractivity contribution in [2.24, 2.45) is 5.92 Å². The lowest BCUT2D eigenvalue weighted by Gasteiger charge is -2.34. The zero-order chi connectivity index (χ0) is 11.5. The first-order chi connectivity index (χ1) is 7.66. The van der Waals surface area contributed by atoms with Gasteiger partial charge in [0.25, 0.3) is 0 Å². The van der Waals surface area contributed by atoms with Gasteiger partial charge in [0.15, 0.2) is 0 Å². The van der Waals surface area contributed by atoms with Crippen molar-refractivity contribution in [1.82, 2.24) is 10.2 Å². The molecule has 1 N–H and O–H groups in total. The molecule has 2 rings (SSSR count). The van der Waals surface area contributed by atoms with E-state index in [2.05, 4.69) is 5.32 Å². The Morgan fingerprint density at radius 3 is 2.75 bits per heavy atom. The fraction of sp³-hybridized carbons (Fsp3) is 0.818. The largest absolute Gasteiger partial charge is 0.381 e. The van der Waals surface area contributed by atoms with Crippen LogP contribution < -0.4 is 5.32 Å². The molecule has 0 aliphatic carbocycles. The molecule has 2 aliphatic rings. The number of carbonyl (C=O) groups is 2. The van der Waals surface area contributed by atoms with Crippen molar-refractivity contribution >= 4 is 11.8 Å². The molecule has 2 saturated heterocycles. The van der Waals surface area contributed by atoms with Crippen molar-refractivity contribution in [3.8, 4) is 0 Å². The molecule has 2 aliphatic heterocycles. The van der Waals surface area contributed by atoms with E-state index in [-0.39, 0.29) is 24.4 Å². The summed E-state index contributed by atoms with van der Waals surface area (Å²) < 4.78 is 5.28. The Morgan fingerprint density at radius 1 is 1.38 bits per heavy atom. The van der Waals surface area contributed by atoms with Gasteiger partial charge < -0.3 is 15.0 Å². The van der Waals surface area contributed by atoms with Gasteiger partial charge >= 0.3 is 0 Å². The van der Waals surface area contributed by atoms with Crippen LogP contribution in [-0.2, 0) is 14.3 Å². The Hall–Kier alpha value is -1.10. The van der Waals surface area contributed by atoms with E-state index < -0.39 is 0 Å². The highest BCUT2D eigenvalue weighted by atomic mass is 16.5. The molecule has 0 aromatic heterocycles. The van der Waals surface area contributed by atoms with Crippen molar-refractivity contribution in [3.05, 3.63) is 0 Å². The SMILES string of the molecule is CC1NC(=O)CN(CC2CCOCC2)C1=O. The first-order valence-electron chi connectivity index (χ1n) is 5.82. The molecule has 1 unspecified atom stereocenters. The average molecular weight is 226 g/mol. The summed E-state index contributed by atoms with van der Waals surface area (Å²) >= 11 is 0. The van der Waals surface area contributed by atoms with Gasteiger partial charge in [0, 0.05) is 19.8 Å². The third-order valence-corrected chi connectivity index (χ3v) is 3.21. The summed E-state index contributed by atoms with van der Waals surface area (Å²) in [5.41, 5.74) is 0. The number of ether oxygens (including phenoxy) is 1. The summed E-state index contributed by atoms with van der Waals surface area (Å²) in [6.45, 7) is 4.18. The highest BCUT2D eigenvalue weighted by molar-refractivity contribution is 5.94. The standard InChI is InChI=1S/C11H18N2O3/c1-8-11(15)13(7-10(14)12-8)6-9-2-4-16-5-3-9/h8-9H,2-7H2,1H3,(H,12,14). The lowest BCUT2D eigenvalue weighted by molar-refractivity contribution is -0.144. The molecule has 0 aromatic carbocycles. The summed E-state index contributed by atoms with van der Waals surface area (Å²) in [5, 5.41) is 2.64. The summed E-state index contributed by atoms with van der Waals surface area (Å²) in [4.78, 5) is 24.8. The molecule has 0 aromatic rings. The minimum absolute atomic E-state index is 0.0334. The van der Waals surface area contributed by atoms with Gasteiger partial charge in [-0.1, -0.05) is 0 Å². The summed E-state index contributed by atoms with van der Waals surface area (Å²) in [5.74, 6) is 0.459. The van der Waals surface area contributed by atoms with Crippen molar-refractivity contribution in [2.75, 3.05) is 26.3 Å². The Labute approximate surface area is 95.1 Å². The fourth-order valence-corrected chi connectivity index (χ4v) is 2.27. The molecule has 0 radical (unpaired) electrons. The number of carbonyl (C=O) groups excluding carboxylic acids is 2. The van der Waals surface area contributed by atoms with Crippen LogP contribution in [-0.4, -0.2) is 49.1 Å². The van der Waals surface area contributed by atoms with Crippen LogP contribution in [0, 0.1) is 5.92 Å². The molecule has 5 heteroatoms. The van der Waals surface area contributed by atoms with Gasteiger partial charge in [-0.25, -0.2) is 0 Å². The summed E-state index contributed by atoms with van der Waals surface area (Å²) in [7, 11) is 0. The van der Waals surface area contributed by atoms with Crippen LogP contribution in [0.2, 0.25) is 0 Å². The molecule has 0 bridgehead atoms. The summed E-state index contributed by atoms with van der Waals surface area (Å²) in [6, 6.07) is -0.374. The van der Waals surface area contributed by atoms with E-state index in [1.807, 2.05) is 0 Å². The fourth-order valence-electron chi connectivity index (χ4n) is 2.27. The predicted molar refractivity (Wildman–Crippen MR) is 57.7 cm³/mol. The second kappa shape index (κ2) is 4.82. The number of hydrogen-bond donors (Lipinski definition) is 1. The zero-order valence-electron chi connectivity index (χ0n) is 9.57. The summed E-state index contributed by atoms with van der Waals surface area (Å²) in [6.07, 6.45) is 1.97. The molecule has 0 spiro atoms. The van der Waals surface area contributed by atoms with Crippen LogP contribution in [0.4, 0.5) is 0 Å². The van der Waals surface area contributed by atoms with E-state index in [1.54, 1.807) is 11.8 Å². The topological polar surface area (TPSA) is 58.6 Å². The highest BCUT2D eigenvalue weighted by Crippen LogP contribution is 2.17. The molecular formula is C11H18N2O3. The minimum atomic E-state index is -0.374. The third-order valence-electron chi connectivity index (χ3n) is 3.21. The van der Waals surface area contributed by atoms with E-state index >= 15 is 0 Å². The number of amides is 2. The van der Waals surface area contributed by atoms with Gasteiger partial charge in [-0.2, -0.15) is 0 Å². The monoisotopic (exact) mass is 226 g/mol. The van der Waals surface area contributed by atoms with Crippen LogP contribution in [0.15, 0.2) is 0 Å². The Balaban J connectivity index is 1.91. The maximum atomic E-state index is 11.8. The van der Waals surface area contributed by atoms with E-state index in [4.69, 9.17) is 4.74 Å². The minimum Gasteiger partial charge on any atom is -0.381 e. The van der Waals surface area contributed by atoms with Crippen LogP contribution in [0.3, 0.4) is 0 Å². The second-order valence-corrected chi connectivity index (χ2v) is 4.56. The molecule has 5 nitrogen and oxygen atoms in total. The molecule has 2 fully saturated rings. The maximum absolute atomic E-state index is 11.8. The van der Waals surface area contributed by atoms with E-state index in [0.717, 1.165) is 26.1 Å². The lowest BCUT2D eigenvalue weighted by atomic mass is 9.99. The number of hydrogen-bond acceptors (Lipinski definition) is 3. The molecule has 1 atom stereocenters. The van der Waals surface area contributed by atoms with Gasteiger partial charge in [-0.3, -0.25) is 9.59 Å². The molecule has 0 saturated carbocycles. The van der Waals surface area contributed by atoms with Crippen LogP contribution in [0.1, 0.15) is 19.8 Å². The molecule has 16 heavy (non-hydrogen) atoms. The van der Waals surface area contributed by atoms with E-state index in [1.165, 1.54) is 0 Å². The highest BCUT2D eigenvalue weighted by Gasteiger charge is 2.31. The van der Waals surface area contributed by atoms with Crippen LogP contribution in [0.25, 0.3) is 0 Å². The number of piperazine rings is 1. The Morgan fingerprint density at radius 2 is 2.06 bits per heavy atom. The first kappa shape index (κ1) is 11.4. The van der Waals surface area contributed by atoms with Gasteiger partial charge in [-0.05, 0) is 25.7 Å². The predicted octanol–water partition coefficient (Wildman–Crippen LogP) is -0.240. The second-order valence-electron chi connectivity index (χ2n) is 4.56. The van der Waals surface area contributed by atoms with Gasteiger partial charge in [-0.15, -0.1) is 0 Å². The Bertz CT molecular complexity index is 287. The van der Waals surface area contributed by atoms with Gasteiger partial charge in [0.1, 0.15) is 6.04 Å². The first-order valence-corrected chi connectivity index (χ1v) is 5.82. The average Bonchev–Trinajstić information content (AvgIpc) is 2.27. The number of nitrogens with zero attached hydrogens (tertiary/aromatic N) is 1. The van der Waals surface area contributed by atoms with E-state index in [0.29, 0.717) is 12.5 Å². The molecule has 2 amide bonds. The molecule has 2 heterocycles. The maximum Gasteiger partial charge on any atom is 0.245 e. The quantitative estimate of drug-likeness (QED) is 0.707. The third kappa shape index (κ3) is 2.52. The normalized spacial score (nSPS) is 28.1. The van der Waals surface area contributed by atoms with Crippen molar-refractivity contribution < 1.29 is 14.3 Å². The van der Waals surface area contributed by atoms with Crippen molar-refractivity contribution in [2.45, 2.75) is 25.8 Å². The van der Waals surface area contributed by atoms with Crippen LogP contribution >= 0.6 is 0 Å². The smallest absolute Gasteiger partial charge is 0.245 e.